The van der Waals surface area contributed by atoms with Gasteiger partial charge in [0.15, 0.2) is 0 Å². The fourth-order valence-corrected chi connectivity index (χ4v) is 4.33. The Kier molecular flexibility index (Phi) is 5.52. The molecule has 3 heterocycles. The van der Waals surface area contributed by atoms with E-state index in [2.05, 4.69) is 37.4 Å². The third-order valence-corrected chi connectivity index (χ3v) is 6.05. The zero-order chi connectivity index (χ0) is 19.5. The molecule has 1 fully saturated rings. The summed E-state index contributed by atoms with van der Waals surface area (Å²) in [6.07, 6.45) is 4.09. The second-order valence-corrected chi connectivity index (χ2v) is 8.52. The Labute approximate surface area is 169 Å². The van der Waals surface area contributed by atoms with E-state index in [4.69, 9.17) is 4.74 Å². The molecule has 3 aromatic rings. The van der Waals surface area contributed by atoms with E-state index in [1.165, 1.54) is 17.0 Å². The predicted octanol–water partition coefficient (Wildman–Crippen LogP) is 4.44. The largest absolute Gasteiger partial charge is 0.478 e. The molecule has 2 unspecified atom stereocenters. The molecule has 4 rings (SSSR count). The summed E-state index contributed by atoms with van der Waals surface area (Å²) in [5.74, 6) is 3.36. The van der Waals surface area contributed by atoms with Crippen molar-refractivity contribution in [1.82, 2.24) is 19.9 Å². The summed E-state index contributed by atoms with van der Waals surface area (Å²) in [4.78, 5) is 19.0. The summed E-state index contributed by atoms with van der Waals surface area (Å²) in [5.41, 5.74) is 2.27. The number of aromatic nitrogens is 4. The quantitative estimate of drug-likeness (QED) is 0.608. The highest BCUT2D eigenvalue weighted by Crippen LogP contribution is 2.48. The molecular weight excluding hydrogens is 370 g/mol. The van der Waals surface area contributed by atoms with Gasteiger partial charge in [0.05, 0.1) is 23.9 Å². The molecular formula is C21H25N5OS. The van der Waals surface area contributed by atoms with Crippen molar-refractivity contribution in [3.05, 3.63) is 57.6 Å². The molecule has 1 N–H and O–H groups in total. The number of anilines is 1. The number of hydrogen-bond donors (Lipinski definition) is 1. The Morgan fingerprint density at radius 2 is 2.07 bits per heavy atom. The van der Waals surface area contributed by atoms with E-state index in [1.54, 1.807) is 11.3 Å². The molecule has 0 aromatic carbocycles. The predicted molar refractivity (Wildman–Crippen MR) is 111 cm³/mol. The Hall–Kier alpha value is -2.54. The lowest BCUT2D eigenvalue weighted by atomic mass is 10.2. The van der Waals surface area contributed by atoms with Gasteiger partial charge < -0.3 is 10.1 Å². The van der Waals surface area contributed by atoms with Crippen molar-refractivity contribution in [2.45, 2.75) is 46.1 Å². The lowest BCUT2D eigenvalue weighted by Crippen LogP contribution is -2.06. The van der Waals surface area contributed by atoms with Crippen molar-refractivity contribution in [3.63, 3.8) is 0 Å². The van der Waals surface area contributed by atoms with Crippen molar-refractivity contribution in [1.29, 1.82) is 0 Å². The van der Waals surface area contributed by atoms with Gasteiger partial charge in [-0.15, -0.1) is 11.3 Å². The molecule has 2 atom stereocenters. The maximum Gasteiger partial charge on any atom is 0.218 e. The zero-order valence-electron chi connectivity index (χ0n) is 16.5. The van der Waals surface area contributed by atoms with Crippen molar-refractivity contribution in [2.24, 2.45) is 5.92 Å². The van der Waals surface area contributed by atoms with Gasteiger partial charge in [-0.25, -0.2) is 9.97 Å². The van der Waals surface area contributed by atoms with Crippen LogP contribution in [-0.4, -0.2) is 26.5 Å². The molecule has 7 heteroatoms. The average Bonchev–Trinajstić information content (AvgIpc) is 3.37. The maximum absolute atomic E-state index is 5.92. The summed E-state index contributed by atoms with van der Waals surface area (Å²) in [6, 6.07) is 8.01. The van der Waals surface area contributed by atoms with E-state index in [0.717, 1.165) is 22.9 Å². The molecule has 1 aliphatic carbocycles. The van der Waals surface area contributed by atoms with Crippen LogP contribution in [0, 0.1) is 26.7 Å². The maximum atomic E-state index is 5.92. The minimum Gasteiger partial charge on any atom is -0.478 e. The number of thiazole rings is 1. The van der Waals surface area contributed by atoms with Crippen LogP contribution in [0.2, 0.25) is 0 Å². The van der Waals surface area contributed by atoms with Crippen LogP contribution in [0.5, 0.6) is 5.88 Å². The second kappa shape index (κ2) is 8.22. The van der Waals surface area contributed by atoms with Crippen LogP contribution in [0.3, 0.4) is 0 Å². The first-order valence-corrected chi connectivity index (χ1v) is 10.5. The molecule has 0 saturated heterocycles. The first kappa shape index (κ1) is 18.8. The van der Waals surface area contributed by atoms with E-state index >= 15 is 0 Å². The normalized spacial score (nSPS) is 18.1. The number of aryl methyl sites for hydroxylation is 3. The van der Waals surface area contributed by atoms with Crippen LogP contribution in [0.4, 0.5) is 5.82 Å². The summed E-state index contributed by atoms with van der Waals surface area (Å²) >= 11 is 1.71. The number of pyridine rings is 1. The standard InChI is InChI=1S/C21H25N5OS/c1-13-19(28-15(3)24-13)12-23-20-11-21(26-14(2)25-20)27-9-7-16-10-17(16)18-6-4-5-8-22-18/h4-6,8,11,16-17H,7,9-10,12H2,1-3H3,(H,23,25,26). The minimum absolute atomic E-state index is 0.584. The van der Waals surface area contributed by atoms with Gasteiger partial charge in [-0.2, -0.15) is 4.98 Å². The van der Waals surface area contributed by atoms with Crippen molar-refractivity contribution < 1.29 is 4.74 Å². The zero-order valence-corrected chi connectivity index (χ0v) is 17.3. The topological polar surface area (TPSA) is 72.8 Å². The number of nitrogens with zero attached hydrogens (tertiary/aromatic N) is 4. The fourth-order valence-electron chi connectivity index (χ4n) is 3.45. The Morgan fingerprint density at radius 1 is 1.18 bits per heavy atom. The lowest BCUT2D eigenvalue weighted by molar-refractivity contribution is 0.289. The van der Waals surface area contributed by atoms with Gasteiger partial charge in [-0.05, 0) is 51.7 Å². The van der Waals surface area contributed by atoms with Gasteiger partial charge in [0.25, 0.3) is 0 Å². The van der Waals surface area contributed by atoms with Crippen LogP contribution in [0.25, 0.3) is 0 Å². The Morgan fingerprint density at radius 3 is 2.82 bits per heavy atom. The van der Waals surface area contributed by atoms with E-state index in [0.29, 0.717) is 36.7 Å². The van der Waals surface area contributed by atoms with Crippen LogP contribution >= 0.6 is 11.3 Å². The van der Waals surface area contributed by atoms with E-state index < -0.39 is 0 Å². The first-order valence-electron chi connectivity index (χ1n) is 9.64. The summed E-state index contributed by atoms with van der Waals surface area (Å²) in [5, 5.41) is 4.45. The molecule has 0 amide bonds. The monoisotopic (exact) mass is 395 g/mol. The SMILES string of the molecule is Cc1nc(NCc2sc(C)nc2C)cc(OCCC2CC2c2ccccn2)n1. The molecule has 3 aromatic heterocycles. The third kappa shape index (κ3) is 4.65. The number of rotatable bonds is 8. The minimum atomic E-state index is 0.584. The fraction of sp³-hybridized carbons (Fsp3) is 0.429. The highest BCUT2D eigenvalue weighted by atomic mass is 32.1. The molecule has 146 valence electrons. The first-order chi connectivity index (χ1) is 13.6. The van der Waals surface area contributed by atoms with Gasteiger partial charge in [-0.3, -0.25) is 4.98 Å². The van der Waals surface area contributed by atoms with E-state index in [-0.39, 0.29) is 0 Å². The molecule has 1 saturated carbocycles. The van der Waals surface area contributed by atoms with Crippen LogP contribution in [-0.2, 0) is 6.54 Å². The Bertz CT molecular complexity index is 943. The van der Waals surface area contributed by atoms with E-state index in [9.17, 15) is 0 Å². The lowest BCUT2D eigenvalue weighted by Gasteiger charge is -2.09. The smallest absolute Gasteiger partial charge is 0.218 e. The van der Waals surface area contributed by atoms with Gasteiger partial charge in [-0.1, -0.05) is 6.07 Å². The highest BCUT2D eigenvalue weighted by molar-refractivity contribution is 7.11. The second-order valence-electron chi connectivity index (χ2n) is 7.23. The van der Waals surface area contributed by atoms with Crippen molar-refractivity contribution in [2.75, 3.05) is 11.9 Å². The van der Waals surface area contributed by atoms with Crippen LogP contribution < -0.4 is 10.1 Å². The van der Waals surface area contributed by atoms with Gasteiger partial charge in [0.2, 0.25) is 5.88 Å². The highest BCUT2D eigenvalue weighted by Gasteiger charge is 2.38. The molecule has 6 nitrogen and oxygen atoms in total. The molecule has 0 spiro atoms. The van der Waals surface area contributed by atoms with Gasteiger partial charge >= 0.3 is 0 Å². The molecule has 0 radical (unpaired) electrons. The van der Waals surface area contributed by atoms with E-state index in [1.807, 2.05) is 39.1 Å². The van der Waals surface area contributed by atoms with Crippen molar-refractivity contribution >= 4 is 17.2 Å². The third-order valence-electron chi connectivity index (χ3n) is 4.97. The molecule has 28 heavy (non-hydrogen) atoms. The summed E-state index contributed by atoms with van der Waals surface area (Å²) in [6.45, 7) is 7.33. The molecule has 0 bridgehead atoms. The Balaban J connectivity index is 1.29. The summed E-state index contributed by atoms with van der Waals surface area (Å²) in [7, 11) is 0. The van der Waals surface area contributed by atoms with Crippen LogP contribution in [0.1, 0.15) is 45.9 Å². The van der Waals surface area contributed by atoms with Gasteiger partial charge in [0, 0.05) is 28.8 Å². The summed E-state index contributed by atoms with van der Waals surface area (Å²) < 4.78 is 5.92. The van der Waals surface area contributed by atoms with Gasteiger partial charge in [0.1, 0.15) is 11.6 Å². The number of nitrogens with one attached hydrogen (secondary N) is 1. The van der Waals surface area contributed by atoms with Crippen LogP contribution in [0.15, 0.2) is 30.5 Å². The number of hydrogen-bond acceptors (Lipinski definition) is 7. The van der Waals surface area contributed by atoms with Crippen molar-refractivity contribution in [3.8, 4) is 5.88 Å². The average molecular weight is 396 g/mol. The molecule has 1 aliphatic rings. The number of ether oxygens (including phenoxy) is 1. The molecule has 0 aliphatic heterocycles.